The van der Waals surface area contributed by atoms with Crippen molar-refractivity contribution in [3.05, 3.63) is 170 Å². The van der Waals surface area contributed by atoms with Gasteiger partial charge < -0.3 is 0 Å². The Morgan fingerprint density at radius 3 is 1.76 bits per heavy atom. The van der Waals surface area contributed by atoms with Gasteiger partial charge in [0.25, 0.3) is 0 Å². The first kappa shape index (κ1) is 29.4. The predicted octanol–water partition coefficient (Wildman–Crippen LogP) is 12.3. The highest BCUT2D eigenvalue weighted by molar-refractivity contribution is 7.26. The number of hydrogen-bond donors (Lipinski definition) is 0. The molecule has 0 amide bonds. The Bertz CT molecular complexity index is 2840. The van der Waals surface area contributed by atoms with E-state index < -0.39 is 0 Å². The fourth-order valence-corrected chi connectivity index (χ4v) is 8.34. The van der Waals surface area contributed by atoms with Crippen LogP contribution < -0.4 is 0 Å². The van der Waals surface area contributed by atoms with E-state index in [1.807, 2.05) is 47.7 Å². The van der Waals surface area contributed by atoms with Crippen molar-refractivity contribution in [3.63, 3.8) is 0 Å². The predicted molar refractivity (Wildman–Crippen MR) is 213 cm³/mol. The standard InChI is InChI=1S/C46H28N4S/c1-2-12-34-31(10-1)11-9-14-35(34)45-46-44(37-13-3-4-17-43(37)51-46)36-23-22-32(26-40(36)50-45)29-18-20-30(21-19-29)33-27-41(38-15-5-7-24-47-38)49-42(28-33)39-16-6-8-25-48-39/h1-28H. The van der Waals surface area contributed by atoms with E-state index in [2.05, 4.69) is 131 Å². The van der Waals surface area contributed by atoms with Gasteiger partial charge in [0, 0.05) is 38.8 Å². The SMILES string of the molecule is c1ccc(-c2cc(-c3ccc(-c4ccc5c(c4)nc(-c4cccc6ccccc46)c4sc6ccccc6c45)cc3)cc(-c3ccccn3)n2)nc1. The largest absolute Gasteiger partial charge is 0.255 e. The second-order valence-corrected chi connectivity index (χ2v) is 13.7. The monoisotopic (exact) mass is 668 g/mol. The van der Waals surface area contributed by atoms with Crippen molar-refractivity contribution >= 4 is 53.2 Å². The summed E-state index contributed by atoms with van der Waals surface area (Å²) in [5.41, 5.74) is 10.9. The molecular weight excluding hydrogens is 641 g/mol. The fraction of sp³-hybridized carbons (Fsp3) is 0. The number of hydrogen-bond acceptors (Lipinski definition) is 5. The smallest absolute Gasteiger partial charge is 0.0900 e. The van der Waals surface area contributed by atoms with Crippen LogP contribution in [0.25, 0.3) is 98.1 Å². The number of benzene rings is 5. The summed E-state index contributed by atoms with van der Waals surface area (Å²) in [7, 11) is 0. The van der Waals surface area contributed by atoms with E-state index in [0.717, 1.165) is 61.8 Å². The Kier molecular flexibility index (Phi) is 6.96. The Labute approximate surface area is 298 Å². The van der Waals surface area contributed by atoms with Crippen LogP contribution in [0.2, 0.25) is 0 Å². The van der Waals surface area contributed by atoms with Crippen LogP contribution >= 0.6 is 11.3 Å². The van der Waals surface area contributed by atoms with Crippen molar-refractivity contribution in [1.82, 2.24) is 19.9 Å². The minimum Gasteiger partial charge on any atom is -0.255 e. The fourth-order valence-electron chi connectivity index (χ4n) is 7.12. The van der Waals surface area contributed by atoms with Crippen LogP contribution in [0.15, 0.2) is 170 Å². The summed E-state index contributed by atoms with van der Waals surface area (Å²) in [5, 5.41) is 6.15. The first-order valence-electron chi connectivity index (χ1n) is 17.0. The van der Waals surface area contributed by atoms with Gasteiger partial charge >= 0.3 is 0 Å². The lowest BCUT2D eigenvalue weighted by Crippen LogP contribution is -1.94. The van der Waals surface area contributed by atoms with Crippen LogP contribution in [0.1, 0.15) is 0 Å². The van der Waals surface area contributed by atoms with E-state index in [9.17, 15) is 0 Å². The topological polar surface area (TPSA) is 51.6 Å². The minimum absolute atomic E-state index is 0.813. The molecule has 5 heterocycles. The Morgan fingerprint density at radius 2 is 1.04 bits per heavy atom. The molecule has 0 radical (unpaired) electrons. The quantitative estimate of drug-likeness (QED) is 0.183. The van der Waals surface area contributed by atoms with Gasteiger partial charge in [-0.05, 0) is 81.6 Å². The highest BCUT2D eigenvalue weighted by Crippen LogP contribution is 2.44. The first-order chi connectivity index (χ1) is 25.3. The maximum Gasteiger partial charge on any atom is 0.0900 e. The molecule has 10 rings (SSSR count). The van der Waals surface area contributed by atoms with Crippen molar-refractivity contribution in [2.45, 2.75) is 0 Å². The maximum atomic E-state index is 5.44. The van der Waals surface area contributed by atoms with E-state index >= 15 is 0 Å². The van der Waals surface area contributed by atoms with Gasteiger partial charge in [0.1, 0.15) is 0 Å². The van der Waals surface area contributed by atoms with E-state index in [0.29, 0.717) is 0 Å². The van der Waals surface area contributed by atoms with E-state index in [1.54, 1.807) is 12.4 Å². The van der Waals surface area contributed by atoms with Crippen molar-refractivity contribution in [2.75, 3.05) is 0 Å². The maximum absolute atomic E-state index is 5.44. The van der Waals surface area contributed by atoms with Crippen LogP contribution in [0, 0.1) is 0 Å². The molecular formula is C46H28N4S. The number of aromatic nitrogens is 4. The molecule has 0 atom stereocenters. The summed E-state index contributed by atoms with van der Waals surface area (Å²) < 4.78 is 2.50. The third kappa shape index (κ3) is 5.14. The zero-order valence-corrected chi connectivity index (χ0v) is 28.2. The Hall–Kier alpha value is -6.56. The normalized spacial score (nSPS) is 11.5. The van der Waals surface area contributed by atoms with Crippen LogP contribution in [0.5, 0.6) is 0 Å². The molecule has 0 unspecified atom stereocenters. The number of nitrogens with zero attached hydrogens (tertiary/aromatic N) is 4. The molecule has 0 saturated heterocycles. The molecule has 0 aliphatic rings. The van der Waals surface area contributed by atoms with Gasteiger partial charge in [-0.3, -0.25) is 9.97 Å². The lowest BCUT2D eigenvalue weighted by Gasteiger charge is -2.12. The lowest BCUT2D eigenvalue weighted by molar-refractivity contribution is 1.22. The lowest BCUT2D eigenvalue weighted by atomic mass is 9.96. The summed E-state index contributed by atoms with van der Waals surface area (Å²) in [6.07, 6.45) is 3.60. The average Bonchev–Trinajstić information content (AvgIpc) is 3.61. The molecule has 0 N–H and O–H groups in total. The van der Waals surface area contributed by atoms with Crippen molar-refractivity contribution < 1.29 is 0 Å². The molecule has 0 fully saturated rings. The van der Waals surface area contributed by atoms with Gasteiger partial charge in [-0.15, -0.1) is 11.3 Å². The molecule has 0 saturated carbocycles. The molecule has 5 aromatic carbocycles. The van der Waals surface area contributed by atoms with Gasteiger partial charge in [0.2, 0.25) is 0 Å². The molecule has 51 heavy (non-hydrogen) atoms. The summed E-state index contributed by atoms with van der Waals surface area (Å²) in [5.74, 6) is 0. The average molecular weight is 669 g/mol. The molecule has 0 aliphatic heterocycles. The van der Waals surface area contributed by atoms with E-state index in [4.69, 9.17) is 9.97 Å². The third-order valence-electron chi connectivity index (χ3n) is 9.59. The third-order valence-corrected chi connectivity index (χ3v) is 10.8. The van der Waals surface area contributed by atoms with Gasteiger partial charge in [0.15, 0.2) is 0 Å². The molecule has 0 bridgehead atoms. The van der Waals surface area contributed by atoms with Crippen LogP contribution in [-0.4, -0.2) is 19.9 Å². The number of pyridine rings is 4. The minimum atomic E-state index is 0.813. The van der Waals surface area contributed by atoms with Crippen LogP contribution in [-0.2, 0) is 0 Å². The molecule has 4 nitrogen and oxygen atoms in total. The van der Waals surface area contributed by atoms with Gasteiger partial charge in [-0.25, -0.2) is 9.97 Å². The Balaban J connectivity index is 1.10. The highest BCUT2D eigenvalue weighted by Gasteiger charge is 2.18. The Morgan fingerprint density at radius 1 is 0.412 bits per heavy atom. The zero-order chi connectivity index (χ0) is 33.7. The van der Waals surface area contributed by atoms with Gasteiger partial charge in [-0.1, -0.05) is 109 Å². The summed E-state index contributed by atoms with van der Waals surface area (Å²) in [6, 6.07) is 55.3. The van der Waals surface area contributed by atoms with Crippen molar-refractivity contribution in [3.8, 4) is 56.3 Å². The molecule has 0 aliphatic carbocycles. The molecule has 238 valence electrons. The zero-order valence-electron chi connectivity index (χ0n) is 27.4. The molecule has 5 aromatic heterocycles. The van der Waals surface area contributed by atoms with Gasteiger partial charge in [0.05, 0.1) is 38.7 Å². The van der Waals surface area contributed by atoms with Crippen LogP contribution in [0.4, 0.5) is 0 Å². The number of rotatable bonds is 5. The first-order valence-corrected chi connectivity index (χ1v) is 17.8. The van der Waals surface area contributed by atoms with E-state index in [1.165, 1.54) is 36.3 Å². The van der Waals surface area contributed by atoms with Crippen LogP contribution in [0.3, 0.4) is 0 Å². The van der Waals surface area contributed by atoms with Crippen molar-refractivity contribution in [2.24, 2.45) is 0 Å². The summed E-state index contributed by atoms with van der Waals surface area (Å²) in [6.45, 7) is 0. The summed E-state index contributed by atoms with van der Waals surface area (Å²) >= 11 is 1.83. The van der Waals surface area contributed by atoms with Crippen molar-refractivity contribution in [1.29, 1.82) is 0 Å². The molecule has 10 aromatic rings. The van der Waals surface area contributed by atoms with Gasteiger partial charge in [-0.2, -0.15) is 0 Å². The number of fused-ring (bicyclic) bond motifs is 6. The second kappa shape index (κ2) is 12.1. The second-order valence-electron chi connectivity index (χ2n) is 12.7. The van der Waals surface area contributed by atoms with E-state index in [-0.39, 0.29) is 0 Å². The number of thiophene rings is 1. The highest BCUT2D eigenvalue weighted by atomic mass is 32.1. The summed E-state index contributed by atoms with van der Waals surface area (Å²) in [4.78, 5) is 19.5. The molecule has 5 heteroatoms. The molecule has 0 spiro atoms.